The van der Waals surface area contributed by atoms with Gasteiger partial charge in [-0.15, -0.1) is 0 Å². The quantitative estimate of drug-likeness (QED) is 0.490. The molecule has 0 radical (unpaired) electrons. The molecular formula is C18H23O9PS3. The number of hydrogen-bond acceptors (Lipinski definition) is 9. The maximum atomic E-state index is 13.1. The molecule has 0 heterocycles. The molecule has 3 atom stereocenters. The van der Waals surface area contributed by atoms with Crippen molar-refractivity contribution in [2.45, 2.75) is 18.1 Å². The van der Waals surface area contributed by atoms with E-state index in [2.05, 4.69) is 0 Å². The highest BCUT2D eigenvalue weighted by atomic mass is 32.2. The number of rotatable bonds is 7. The molecule has 0 bridgehead atoms. The summed E-state index contributed by atoms with van der Waals surface area (Å²) in [4.78, 5) is 11.8. The van der Waals surface area contributed by atoms with Crippen molar-refractivity contribution in [3.63, 3.8) is 0 Å². The van der Waals surface area contributed by atoms with E-state index in [1.54, 1.807) is 18.2 Å². The molecule has 0 amide bonds. The van der Waals surface area contributed by atoms with Crippen LogP contribution in [0, 0.1) is 5.92 Å². The zero-order chi connectivity index (χ0) is 23.8. The van der Waals surface area contributed by atoms with Crippen molar-refractivity contribution in [1.82, 2.24) is 0 Å². The Kier molecular flexibility index (Phi) is 7.12. The van der Waals surface area contributed by atoms with Crippen LogP contribution >= 0.6 is 8.03 Å². The summed E-state index contributed by atoms with van der Waals surface area (Å²) in [5.41, 5.74) is 0. The monoisotopic (exact) mass is 510 g/mol. The standard InChI is InChI=1S/C18H23O9PS3/c1-5-18(31(4,25)26)12-14(29(2,21)22)11-15(30(3,23)24)16(18)17(19)27-28(20)13-9-7-6-8-10-13/h6-12,16,28H,5H2,1-4H3. The molecule has 1 aliphatic rings. The summed E-state index contributed by atoms with van der Waals surface area (Å²) in [5, 5.41) is 0.176. The number of hydrogen-bond donors (Lipinski definition) is 0. The molecule has 1 aromatic rings. The molecule has 0 aromatic heterocycles. The molecule has 0 N–H and O–H groups in total. The normalized spacial score (nSPS) is 23.4. The number of benzene rings is 1. The van der Waals surface area contributed by atoms with E-state index >= 15 is 0 Å². The molecule has 0 spiro atoms. The predicted molar refractivity (Wildman–Crippen MR) is 118 cm³/mol. The average molecular weight is 511 g/mol. The van der Waals surface area contributed by atoms with Gasteiger partial charge < -0.3 is 4.52 Å². The van der Waals surface area contributed by atoms with Gasteiger partial charge in [0.2, 0.25) is 0 Å². The largest absolute Gasteiger partial charge is 0.410 e. The van der Waals surface area contributed by atoms with E-state index in [9.17, 15) is 34.6 Å². The second-order valence-electron chi connectivity index (χ2n) is 7.23. The summed E-state index contributed by atoms with van der Waals surface area (Å²) in [6, 6.07) is 7.64. The van der Waals surface area contributed by atoms with Crippen molar-refractivity contribution in [2.75, 3.05) is 18.8 Å². The van der Waals surface area contributed by atoms with E-state index in [4.69, 9.17) is 4.52 Å². The maximum Gasteiger partial charge on any atom is 0.321 e. The number of carbonyl (C=O) groups excluding carboxylic acids is 1. The molecule has 2 rings (SSSR count). The van der Waals surface area contributed by atoms with Crippen molar-refractivity contribution in [3.05, 3.63) is 52.3 Å². The van der Waals surface area contributed by atoms with Crippen molar-refractivity contribution in [2.24, 2.45) is 5.92 Å². The lowest BCUT2D eigenvalue weighted by molar-refractivity contribution is -0.137. The molecule has 0 aliphatic heterocycles. The van der Waals surface area contributed by atoms with Crippen LogP contribution in [0.25, 0.3) is 0 Å². The molecular weight excluding hydrogens is 487 g/mol. The summed E-state index contributed by atoms with van der Waals surface area (Å²) in [6.45, 7) is 1.38. The van der Waals surface area contributed by atoms with Crippen LogP contribution in [0.4, 0.5) is 0 Å². The summed E-state index contributed by atoms with van der Waals surface area (Å²) < 4.78 is 90.3. The van der Waals surface area contributed by atoms with E-state index in [-0.39, 0.29) is 11.7 Å². The fourth-order valence-corrected chi connectivity index (χ4v) is 7.82. The van der Waals surface area contributed by atoms with E-state index in [0.29, 0.717) is 0 Å². The highest BCUT2D eigenvalue weighted by molar-refractivity contribution is 7.96. The highest BCUT2D eigenvalue weighted by Crippen LogP contribution is 2.45. The van der Waals surface area contributed by atoms with Gasteiger partial charge in [-0.2, -0.15) is 0 Å². The third-order valence-electron chi connectivity index (χ3n) is 4.98. The van der Waals surface area contributed by atoms with Crippen molar-refractivity contribution >= 4 is 48.8 Å². The first-order valence-electron chi connectivity index (χ1n) is 8.90. The molecule has 31 heavy (non-hydrogen) atoms. The molecule has 0 fully saturated rings. The van der Waals surface area contributed by atoms with E-state index in [1.165, 1.54) is 19.1 Å². The Bertz CT molecular complexity index is 1290. The highest BCUT2D eigenvalue weighted by Gasteiger charge is 2.55. The SMILES string of the molecule is CCC1(S(C)(=O)=O)C=C(S(C)(=O)=O)C=C(S(C)(=O)=O)C1C(=O)O[PH](=O)c1ccccc1. The molecule has 0 saturated heterocycles. The first kappa shape index (κ1) is 25.5. The zero-order valence-electron chi connectivity index (χ0n) is 17.2. The molecule has 3 unspecified atom stereocenters. The van der Waals surface area contributed by atoms with Gasteiger partial charge in [0.15, 0.2) is 29.5 Å². The minimum atomic E-state index is -4.26. The molecule has 172 valence electrons. The summed E-state index contributed by atoms with van der Waals surface area (Å²) in [7, 11) is -15.7. The summed E-state index contributed by atoms with van der Waals surface area (Å²) >= 11 is 0. The molecule has 9 nitrogen and oxygen atoms in total. The smallest absolute Gasteiger partial charge is 0.321 e. The lowest BCUT2D eigenvalue weighted by atomic mass is 9.85. The fraction of sp³-hybridized carbons (Fsp3) is 0.389. The van der Waals surface area contributed by atoms with E-state index < -0.39 is 64.0 Å². The first-order chi connectivity index (χ1) is 14.0. The van der Waals surface area contributed by atoms with Crippen molar-refractivity contribution in [1.29, 1.82) is 0 Å². The van der Waals surface area contributed by atoms with Gasteiger partial charge in [-0.05, 0) is 30.7 Å². The Morgan fingerprint density at radius 3 is 1.97 bits per heavy atom. The first-order valence-corrected chi connectivity index (χ1v) is 15.9. The zero-order valence-corrected chi connectivity index (χ0v) is 20.7. The third-order valence-corrected chi connectivity index (χ3v) is 10.5. The van der Waals surface area contributed by atoms with Gasteiger partial charge in [-0.25, -0.2) is 25.3 Å². The topological polar surface area (TPSA) is 146 Å². The predicted octanol–water partition coefficient (Wildman–Crippen LogP) is 1.01. The van der Waals surface area contributed by atoms with Crippen LogP contribution in [0.3, 0.4) is 0 Å². The number of sulfone groups is 3. The van der Waals surface area contributed by atoms with Gasteiger partial charge in [0.05, 0.1) is 9.81 Å². The molecule has 0 saturated carbocycles. The lowest BCUT2D eigenvalue weighted by Gasteiger charge is -2.38. The van der Waals surface area contributed by atoms with Crippen LogP contribution in [0.1, 0.15) is 13.3 Å². The van der Waals surface area contributed by atoms with Crippen molar-refractivity contribution in [3.8, 4) is 0 Å². The van der Waals surface area contributed by atoms with Crippen LogP contribution < -0.4 is 5.30 Å². The number of carbonyl (C=O) groups is 1. The van der Waals surface area contributed by atoms with Crippen LogP contribution in [0.15, 0.2) is 52.3 Å². The second kappa shape index (κ2) is 8.65. The van der Waals surface area contributed by atoms with Gasteiger partial charge in [0.1, 0.15) is 10.7 Å². The Balaban J connectivity index is 2.76. The van der Waals surface area contributed by atoms with Crippen LogP contribution in [-0.2, 0) is 43.4 Å². The van der Waals surface area contributed by atoms with Gasteiger partial charge in [0.25, 0.3) is 8.03 Å². The molecule has 1 aromatic carbocycles. The Hall–Kier alpha value is -1.75. The summed E-state index contributed by atoms with van der Waals surface area (Å²) in [6.07, 6.45) is 3.60. The molecule has 1 aliphatic carbocycles. The van der Waals surface area contributed by atoms with Gasteiger partial charge >= 0.3 is 5.97 Å². The Morgan fingerprint density at radius 1 is 1.00 bits per heavy atom. The van der Waals surface area contributed by atoms with Gasteiger partial charge in [0, 0.05) is 24.1 Å². The Labute approximate surface area is 182 Å². The van der Waals surface area contributed by atoms with Crippen LogP contribution in [0.2, 0.25) is 0 Å². The fourth-order valence-electron chi connectivity index (χ4n) is 3.35. The van der Waals surface area contributed by atoms with Crippen LogP contribution in [-0.4, -0.2) is 54.7 Å². The maximum absolute atomic E-state index is 13.1. The van der Waals surface area contributed by atoms with Crippen molar-refractivity contribution < 1.29 is 39.1 Å². The molecule has 13 heteroatoms. The second-order valence-corrected chi connectivity index (χ2v) is 14.9. The third kappa shape index (κ3) is 5.19. The van der Waals surface area contributed by atoms with E-state index in [1.807, 2.05) is 0 Å². The van der Waals surface area contributed by atoms with E-state index in [0.717, 1.165) is 30.9 Å². The van der Waals surface area contributed by atoms with Crippen LogP contribution in [0.5, 0.6) is 0 Å². The number of allylic oxidation sites excluding steroid dienone is 1. The minimum Gasteiger partial charge on any atom is -0.410 e. The van der Waals surface area contributed by atoms with Gasteiger partial charge in [-0.1, -0.05) is 25.1 Å². The Morgan fingerprint density at radius 2 is 1.55 bits per heavy atom. The average Bonchev–Trinajstić information content (AvgIpc) is 2.65. The lowest BCUT2D eigenvalue weighted by Crippen LogP contribution is -2.50. The van der Waals surface area contributed by atoms with Gasteiger partial charge in [-0.3, -0.25) is 9.36 Å². The summed E-state index contributed by atoms with van der Waals surface area (Å²) in [5.74, 6) is -3.26. The minimum absolute atomic E-state index is 0.176.